The Bertz CT molecular complexity index is 1370. The van der Waals surface area contributed by atoms with Crippen molar-refractivity contribution in [1.29, 1.82) is 0 Å². The summed E-state index contributed by atoms with van der Waals surface area (Å²) in [6.07, 6.45) is 1.75. The predicted octanol–water partition coefficient (Wildman–Crippen LogP) is 4.96. The van der Waals surface area contributed by atoms with Gasteiger partial charge in [0, 0.05) is 28.9 Å². The summed E-state index contributed by atoms with van der Waals surface area (Å²) >= 11 is 1.57. The van der Waals surface area contributed by atoms with Crippen molar-refractivity contribution in [2.24, 2.45) is 0 Å². The zero-order valence-corrected chi connectivity index (χ0v) is 20.3. The molecule has 1 aliphatic rings. The van der Waals surface area contributed by atoms with Gasteiger partial charge in [0.15, 0.2) is 6.61 Å². The second kappa shape index (κ2) is 9.68. The van der Waals surface area contributed by atoms with Crippen molar-refractivity contribution in [2.45, 2.75) is 13.8 Å². The molecule has 0 atom stereocenters. The lowest BCUT2D eigenvalue weighted by Gasteiger charge is -2.31. The summed E-state index contributed by atoms with van der Waals surface area (Å²) in [7, 11) is 0. The normalized spacial score (nSPS) is 12.7. The summed E-state index contributed by atoms with van der Waals surface area (Å²) in [6, 6.07) is 20.9. The third-order valence-corrected chi connectivity index (χ3v) is 6.83. The van der Waals surface area contributed by atoms with E-state index in [1.54, 1.807) is 22.4 Å². The molecule has 8 heteroatoms. The highest BCUT2D eigenvalue weighted by Gasteiger charge is 2.30. The number of carbonyl (C=O) groups is 2. The van der Waals surface area contributed by atoms with Crippen LogP contribution >= 0.6 is 11.3 Å². The maximum absolute atomic E-state index is 13.2. The third-order valence-electron chi connectivity index (χ3n) is 5.83. The van der Waals surface area contributed by atoms with Gasteiger partial charge in [-0.1, -0.05) is 24.3 Å². The minimum Gasteiger partial charge on any atom is -0.482 e. The van der Waals surface area contributed by atoms with Crippen molar-refractivity contribution in [2.75, 3.05) is 29.5 Å². The SMILES string of the molecule is CCN(C(=O)CN1C(=O)COc2ccc(-c3nc(-c4ccccn4)sc3C)cc21)c1ccccc1. The third kappa shape index (κ3) is 4.52. The number of benzene rings is 2. The Hall–Kier alpha value is -4.04. The number of anilines is 2. The molecule has 176 valence electrons. The molecule has 0 bridgehead atoms. The Kier molecular flexibility index (Phi) is 6.29. The van der Waals surface area contributed by atoms with Gasteiger partial charge in [-0.05, 0) is 56.3 Å². The van der Waals surface area contributed by atoms with Gasteiger partial charge < -0.3 is 9.64 Å². The van der Waals surface area contributed by atoms with Crippen LogP contribution in [-0.2, 0) is 9.59 Å². The number of fused-ring (bicyclic) bond motifs is 1. The van der Waals surface area contributed by atoms with Gasteiger partial charge in [0.25, 0.3) is 5.91 Å². The van der Waals surface area contributed by atoms with Crippen molar-refractivity contribution < 1.29 is 14.3 Å². The van der Waals surface area contributed by atoms with Crippen molar-refractivity contribution in [3.8, 4) is 27.7 Å². The summed E-state index contributed by atoms with van der Waals surface area (Å²) in [4.78, 5) is 39.5. The van der Waals surface area contributed by atoms with E-state index in [2.05, 4.69) is 4.98 Å². The Morgan fingerprint density at radius 3 is 2.66 bits per heavy atom. The Labute approximate surface area is 207 Å². The van der Waals surface area contributed by atoms with E-state index in [-0.39, 0.29) is 25.0 Å². The molecular weight excluding hydrogens is 460 g/mol. The number of aryl methyl sites for hydroxylation is 1. The van der Waals surface area contributed by atoms with Gasteiger partial charge in [0.05, 0.1) is 17.1 Å². The number of carbonyl (C=O) groups excluding carboxylic acids is 2. The zero-order chi connectivity index (χ0) is 24.4. The predicted molar refractivity (Wildman–Crippen MR) is 138 cm³/mol. The van der Waals surface area contributed by atoms with Crippen molar-refractivity contribution in [1.82, 2.24) is 9.97 Å². The summed E-state index contributed by atoms with van der Waals surface area (Å²) < 4.78 is 5.67. The molecule has 3 heterocycles. The summed E-state index contributed by atoms with van der Waals surface area (Å²) in [5.74, 6) is 0.158. The Balaban J connectivity index is 1.47. The number of amides is 2. The maximum atomic E-state index is 13.2. The average molecular weight is 485 g/mol. The quantitative estimate of drug-likeness (QED) is 0.387. The standard InChI is InChI=1S/C27H24N4O3S/c1-3-30(20-9-5-4-6-10-20)24(32)16-31-22-15-19(12-13-23(22)34-17-25(31)33)26-18(2)35-27(29-26)21-11-7-8-14-28-21/h4-15H,3,16-17H2,1-2H3. The molecule has 0 saturated carbocycles. The minimum atomic E-state index is -0.253. The van der Waals surface area contributed by atoms with E-state index in [4.69, 9.17) is 9.72 Å². The number of nitrogens with zero attached hydrogens (tertiary/aromatic N) is 4. The van der Waals surface area contributed by atoms with E-state index in [1.165, 1.54) is 4.90 Å². The monoisotopic (exact) mass is 484 g/mol. The van der Waals surface area contributed by atoms with E-state index in [1.807, 2.05) is 80.6 Å². The summed E-state index contributed by atoms with van der Waals surface area (Å²) in [5.41, 5.74) is 3.86. The maximum Gasteiger partial charge on any atom is 0.265 e. The van der Waals surface area contributed by atoms with Gasteiger partial charge in [-0.25, -0.2) is 4.98 Å². The van der Waals surface area contributed by atoms with E-state index in [0.29, 0.717) is 18.0 Å². The molecule has 0 radical (unpaired) electrons. The molecule has 1 aliphatic heterocycles. The molecule has 0 unspecified atom stereocenters. The first-order valence-corrected chi connectivity index (χ1v) is 12.2. The number of aromatic nitrogens is 2. The zero-order valence-electron chi connectivity index (χ0n) is 19.5. The Morgan fingerprint density at radius 2 is 1.91 bits per heavy atom. The molecular formula is C27H24N4O3S. The molecule has 2 aromatic carbocycles. The Morgan fingerprint density at radius 1 is 1.11 bits per heavy atom. The van der Waals surface area contributed by atoms with Gasteiger partial charge in [0.2, 0.25) is 5.91 Å². The highest BCUT2D eigenvalue weighted by Crippen LogP contribution is 2.39. The molecule has 5 rings (SSSR count). The van der Waals surface area contributed by atoms with Crippen LogP contribution in [0.4, 0.5) is 11.4 Å². The van der Waals surface area contributed by atoms with E-state index >= 15 is 0 Å². The van der Waals surface area contributed by atoms with Crippen LogP contribution in [0.3, 0.4) is 0 Å². The fraction of sp³-hybridized carbons (Fsp3) is 0.185. The lowest BCUT2D eigenvalue weighted by atomic mass is 10.1. The van der Waals surface area contributed by atoms with Crippen LogP contribution in [0.2, 0.25) is 0 Å². The van der Waals surface area contributed by atoms with Crippen LogP contribution in [0, 0.1) is 6.92 Å². The molecule has 0 fully saturated rings. The number of likely N-dealkylation sites (N-methyl/N-ethyl adjacent to an activating group) is 1. The molecule has 0 saturated heterocycles. The number of rotatable bonds is 6. The van der Waals surface area contributed by atoms with Crippen LogP contribution in [-0.4, -0.2) is 41.5 Å². The van der Waals surface area contributed by atoms with Crippen LogP contribution in [0.15, 0.2) is 72.9 Å². The number of thiazole rings is 1. The van der Waals surface area contributed by atoms with Crippen LogP contribution in [0.5, 0.6) is 5.75 Å². The molecule has 7 nitrogen and oxygen atoms in total. The van der Waals surface area contributed by atoms with Crippen LogP contribution in [0.1, 0.15) is 11.8 Å². The van der Waals surface area contributed by atoms with Gasteiger partial charge >= 0.3 is 0 Å². The summed E-state index contributed by atoms with van der Waals surface area (Å²) in [5, 5.41) is 0.830. The van der Waals surface area contributed by atoms with Crippen molar-refractivity contribution >= 4 is 34.5 Å². The number of hydrogen-bond donors (Lipinski definition) is 0. The molecule has 0 spiro atoms. The van der Waals surface area contributed by atoms with E-state index < -0.39 is 0 Å². The first-order chi connectivity index (χ1) is 17.0. The molecule has 35 heavy (non-hydrogen) atoms. The second-order valence-electron chi connectivity index (χ2n) is 8.06. The molecule has 2 aromatic heterocycles. The fourth-order valence-corrected chi connectivity index (χ4v) is 5.03. The molecule has 0 N–H and O–H groups in total. The smallest absolute Gasteiger partial charge is 0.265 e. The molecule has 0 aliphatic carbocycles. The fourth-order valence-electron chi connectivity index (χ4n) is 4.12. The second-order valence-corrected chi connectivity index (χ2v) is 9.27. The topological polar surface area (TPSA) is 75.6 Å². The van der Waals surface area contributed by atoms with Crippen LogP contribution in [0.25, 0.3) is 22.0 Å². The van der Waals surface area contributed by atoms with Gasteiger partial charge in [-0.3, -0.25) is 19.5 Å². The highest BCUT2D eigenvalue weighted by atomic mass is 32.1. The lowest BCUT2D eigenvalue weighted by molar-refractivity contribution is -0.124. The number of para-hydroxylation sites is 1. The molecule has 2 amide bonds. The lowest BCUT2D eigenvalue weighted by Crippen LogP contribution is -2.46. The van der Waals surface area contributed by atoms with Crippen molar-refractivity contribution in [3.63, 3.8) is 0 Å². The first kappa shape index (κ1) is 22.7. The highest BCUT2D eigenvalue weighted by molar-refractivity contribution is 7.15. The van der Waals surface area contributed by atoms with Gasteiger partial charge in [-0.2, -0.15) is 0 Å². The largest absolute Gasteiger partial charge is 0.482 e. The van der Waals surface area contributed by atoms with Crippen LogP contribution < -0.4 is 14.5 Å². The average Bonchev–Trinajstić information content (AvgIpc) is 3.28. The van der Waals surface area contributed by atoms with Gasteiger partial charge in [-0.15, -0.1) is 11.3 Å². The van der Waals surface area contributed by atoms with E-state index in [0.717, 1.165) is 32.5 Å². The summed E-state index contributed by atoms with van der Waals surface area (Å²) in [6.45, 7) is 4.26. The first-order valence-electron chi connectivity index (χ1n) is 11.4. The van der Waals surface area contributed by atoms with Crippen molar-refractivity contribution in [3.05, 3.63) is 77.8 Å². The van der Waals surface area contributed by atoms with E-state index in [9.17, 15) is 9.59 Å². The minimum absolute atomic E-state index is 0.0728. The number of ether oxygens (including phenoxy) is 1. The molecule has 4 aromatic rings. The number of pyridine rings is 1. The van der Waals surface area contributed by atoms with Gasteiger partial charge in [0.1, 0.15) is 17.3 Å². The number of hydrogen-bond acceptors (Lipinski definition) is 6.